The molecule has 2 aromatic rings. The van der Waals surface area contributed by atoms with Crippen LogP contribution in [0.15, 0.2) is 36.9 Å². The highest BCUT2D eigenvalue weighted by atomic mass is 32.2. The van der Waals surface area contributed by atoms with Gasteiger partial charge in [-0.15, -0.1) is 6.58 Å². The van der Waals surface area contributed by atoms with Crippen LogP contribution in [0.2, 0.25) is 0 Å². The predicted molar refractivity (Wildman–Crippen MR) is 150 cm³/mol. The number of thioether (sulfide) groups is 1. The molecule has 0 amide bonds. The third-order valence-electron chi connectivity index (χ3n) is 5.87. The first kappa shape index (κ1) is 30.6. The number of hydrogen-bond donors (Lipinski definition) is 2. The molecule has 0 saturated carbocycles. The lowest BCUT2D eigenvalue weighted by Crippen LogP contribution is -2.42. The molecular formula is C29H43NO4S. The molecule has 0 spiro atoms. The number of carbonyl (C=O) groups excluding carboxylic acids is 1. The van der Waals surface area contributed by atoms with E-state index >= 15 is 0 Å². The van der Waals surface area contributed by atoms with Gasteiger partial charge in [-0.25, -0.2) is 0 Å². The molecule has 2 aromatic carbocycles. The first-order valence-electron chi connectivity index (χ1n) is 12.0. The van der Waals surface area contributed by atoms with Crippen molar-refractivity contribution >= 4 is 17.4 Å². The Hall–Kier alpha value is -2.44. The Kier molecular flexibility index (Phi) is 13.0. The molecule has 2 atom stereocenters. The SMILES string of the molecule is C=CC.CNC.Cc1c(C)c2c(c(C)c1O)CCC(C)(COc1ccc(CC(C)SC=O)cc1)O2. The largest absolute Gasteiger partial charge is 0.507 e. The highest BCUT2D eigenvalue weighted by Gasteiger charge is 2.35. The van der Waals surface area contributed by atoms with Gasteiger partial charge in [-0.05, 0) is 102 Å². The van der Waals surface area contributed by atoms with Crippen molar-refractivity contribution in [2.45, 2.75) is 71.7 Å². The van der Waals surface area contributed by atoms with Crippen molar-refractivity contribution in [2.24, 2.45) is 0 Å². The molecule has 2 unspecified atom stereocenters. The minimum absolute atomic E-state index is 0.267. The summed E-state index contributed by atoms with van der Waals surface area (Å²) < 4.78 is 12.5. The molecule has 194 valence electrons. The second kappa shape index (κ2) is 14.8. The molecule has 2 N–H and O–H groups in total. The molecule has 0 radical (unpaired) electrons. The van der Waals surface area contributed by atoms with E-state index in [1.807, 2.05) is 60.8 Å². The van der Waals surface area contributed by atoms with Crippen LogP contribution in [0.25, 0.3) is 0 Å². The van der Waals surface area contributed by atoms with Gasteiger partial charge in [0.2, 0.25) is 0 Å². The fourth-order valence-electron chi connectivity index (χ4n) is 3.83. The van der Waals surface area contributed by atoms with Crippen LogP contribution in [0, 0.1) is 20.8 Å². The Balaban J connectivity index is 0.000000926. The number of phenolic OH excluding ortho intramolecular Hbond substituents is 1. The van der Waals surface area contributed by atoms with Gasteiger partial charge in [-0.3, -0.25) is 4.79 Å². The fraction of sp³-hybridized carbons (Fsp3) is 0.483. The van der Waals surface area contributed by atoms with Crippen LogP contribution in [0.1, 0.15) is 55.0 Å². The van der Waals surface area contributed by atoms with Gasteiger partial charge in [0, 0.05) is 10.8 Å². The summed E-state index contributed by atoms with van der Waals surface area (Å²) in [5.74, 6) is 2.09. The minimum Gasteiger partial charge on any atom is -0.507 e. The summed E-state index contributed by atoms with van der Waals surface area (Å²) >= 11 is 1.31. The molecule has 1 aliphatic rings. The van der Waals surface area contributed by atoms with Gasteiger partial charge < -0.3 is 19.9 Å². The lowest BCUT2D eigenvalue weighted by molar-refractivity contribution is 0.0166. The zero-order valence-corrected chi connectivity index (χ0v) is 23.5. The van der Waals surface area contributed by atoms with E-state index in [0.717, 1.165) is 58.6 Å². The Morgan fingerprint density at radius 3 is 2.31 bits per heavy atom. The minimum atomic E-state index is -0.415. The maximum Gasteiger partial charge on any atom is 0.176 e. The van der Waals surface area contributed by atoms with E-state index in [9.17, 15) is 9.90 Å². The van der Waals surface area contributed by atoms with Crippen LogP contribution in [-0.2, 0) is 17.6 Å². The van der Waals surface area contributed by atoms with Gasteiger partial charge in [-0.2, -0.15) is 0 Å². The van der Waals surface area contributed by atoms with Crippen molar-refractivity contribution in [1.29, 1.82) is 0 Å². The summed E-state index contributed by atoms with van der Waals surface area (Å²) in [4.78, 5) is 10.6. The monoisotopic (exact) mass is 501 g/mol. The van der Waals surface area contributed by atoms with Crippen molar-refractivity contribution in [3.63, 3.8) is 0 Å². The summed E-state index contributed by atoms with van der Waals surface area (Å²) in [6.07, 6.45) is 4.30. The number of fused-ring (bicyclic) bond motifs is 1. The van der Waals surface area contributed by atoms with Gasteiger partial charge >= 0.3 is 0 Å². The molecule has 35 heavy (non-hydrogen) atoms. The number of nitrogens with one attached hydrogen (secondary N) is 1. The van der Waals surface area contributed by atoms with Crippen molar-refractivity contribution < 1.29 is 19.4 Å². The Labute approximate surface area is 216 Å². The third-order valence-corrected chi connectivity index (χ3v) is 6.61. The van der Waals surface area contributed by atoms with Crippen molar-refractivity contribution in [2.75, 3.05) is 20.7 Å². The molecule has 0 bridgehead atoms. The number of rotatable bonds is 7. The number of phenols is 1. The summed E-state index contributed by atoms with van der Waals surface area (Å²) in [7, 11) is 3.75. The molecule has 0 aromatic heterocycles. The molecule has 0 saturated heterocycles. The van der Waals surface area contributed by atoms with Crippen LogP contribution in [0.4, 0.5) is 0 Å². The van der Waals surface area contributed by atoms with E-state index < -0.39 is 5.60 Å². The maximum atomic E-state index is 10.6. The number of benzene rings is 2. The molecular weight excluding hydrogens is 458 g/mol. The van der Waals surface area contributed by atoms with Gasteiger partial charge in [0.15, 0.2) is 5.62 Å². The normalized spacial score (nSPS) is 16.8. The van der Waals surface area contributed by atoms with Gasteiger partial charge in [0.25, 0.3) is 0 Å². The lowest BCUT2D eigenvalue weighted by Gasteiger charge is -2.37. The van der Waals surface area contributed by atoms with Gasteiger partial charge in [0.05, 0.1) is 0 Å². The Morgan fingerprint density at radius 2 is 1.77 bits per heavy atom. The van der Waals surface area contributed by atoms with E-state index in [1.165, 1.54) is 17.3 Å². The van der Waals surface area contributed by atoms with Crippen molar-refractivity contribution in [3.8, 4) is 17.2 Å². The maximum absolute atomic E-state index is 10.6. The quantitative estimate of drug-likeness (QED) is 0.340. The summed E-state index contributed by atoms with van der Waals surface area (Å²) in [5.41, 5.74) is 5.58. The first-order valence-corrected chi connectivity index (χ1v) is 13.0. The van der Waals surface area contributed by atoms with Crippen LogP contribution in [0.3, 0.4) is 0 Å². The second-order valence-corrected chi connectivity index (χ2v) is 10.4. The van der Waals surface area contributed by atoms with Crippen LogP contribution in [0.5, 0.6) is 17.2 Å². The van der Waals surface area contributed by atoms with E-state index in [0.29, 0.717) is 12.4 Å². The van der Waals surface area contributed by atoms with E-state index in [-0.39, 0.29) is 5.25 Å². The summed E-state index contributed by atoms with van der Waals surface area (Å²) in [6.45, 7) is 15.7. The average Bonchev–Trinajstić information content (AvgIpc) is 2.82. The average molecular weight is 502 g/mol. The van der Waals surface area contributed by atoms with E-state index in [1.54, 1.807) is 6.08 Å². The number of allylic oxidation sites excluding steroid dienone is 1. The van der Waals surface area contributed by atoms with Crippen LogP contribution < -0.4 is 14.8 Å². The molecule has 1 heterocycles. The van der Waals surface area contributed by atoms with Gasteiger partial charge in [-0.1, -0.05) is 36.9 Å². The zero-order chi connectivity index (χ0) is 26.6. The fourth-order valence-corrected chi connectivity index (χ4v) is 4.31. The standard InChI is InChI=1S/C24H30O4S.C3H6.C2H7N/c1-15(29-14-25)12-19-6-8-20(9-7-19)27-13-24(5)11-10-21-18(4)22(26)16(2)17(3)23(21)28-24;2*1-3-2/h6-9,14-15,26H,10-13H2,1-5H3;3H,1H2,2H3;3H,1-2H3. The molecule has 1 aliphatic heterocycles. The molecule has 5 nitrogen and oxygen atoms in total. The van der Waals surface area contributed by atoms with Gasteiger partial charge in [0.1, 0.15) is 29.5 Å². The molecule has 0 aliphatic carbocycles. The smallest absolute Gasteiger partial charge is 0.176 e. The number of hydrogen-bond acceptors (Lipinski definition) is 6. The highest BCUT2D eigenvalue weighted by Crippen LogP contribution is 2.43. The highest BCUT2D eigenvalue weighted by molar-refractivity contribution is 8.12. The molecule has 0 fully saturated rings. The van der Waals surface area contributed by atoms with Crippen LogP contribution >= 0.6 is 11.8 Å². The summed E-state index contributed by atoms with van der Waals surface area (Å²) in [5, 5.41) is 13.4. The second-order valence-electron chi connectivity index (χ2n) is 9.17. The Bertz CT molecular complexity index is 958. The third kappa shape index (κ3) is 8.93. The van der Waals surface area contributed by atoms with E-state index in [4.69, 9.17) is 9.47 Å². The first-order chi connectivity index (χ1) is 16.6. The number of carbonyl (C=O) groups is 1. The topological polar surface area (TPSA) is 67.8 Å². The molecule has 6 heteroatoms. The van der Waals surface area contributed by atoms with Crippen LogP contribution in [-0.4, -0.2) is 42.3 Å². The summed E-state index contributed by atoms with van der Waals surface area (Å²) in [6, 6.07) is 8.06. The Morgan fingerprint density at radius 1 is 1.20 bits per heavy atom. The predicted octanol–water partition coefficient (Wildman–Crippen LogP) is 6.36. The number of ether oxygens (including phenoxy) is 2. The lowest BCUT2D eigenvalue weighted by atomic mass is 9.87. The number of aromatic hydroxyl groups is 1. The molecule has 3 rings (SSSR count). The zero-order valence-electron chi connectivity index (χ0n) is 22.7. The van der Waals surface area contributed by atoms with Crippen molar-refractivity contribution in [1.82, 2.24) is 5.32 Å². The van der Waals surface area contributed by atoms with E-state index in [2.05, 4.69) is 31.0 Å². The van der Waals surface area contributed by atoms with Crippen molar-refractivity contribution in [3.05, 3.63) is 64.7 Å².